The molecule has 0 radical (unpaired) electrons. The number of nitrogens with zero attached hydrogens (tertiary/aromatic N) is 2. The number of phenolic OH excluding ortho intramolecular Hbond substituents is 1. The average Bonchev–Trinajstić information content (AvgIpc) is 3.24. The van der Waals surface area contributed by atoms with E-state index in [4.69, 9.17) is 16.3 Å². The van der Waals surface area contributed by atoms with Crippen LogP contribution in [-0.4, -0.2) is 33.6 Å². The van der Waals surface area contributed by atoms with Crippen molar-refractivity contribution in [3.63, 3.8) is 0 Å². The van der Waals surface area contributed by atoms with Crippen LogP contribution in [0.15, 0.2) is 54.7 Å². The maximum absolute atomic E-state index is 13.2. The molecule has 0 saturated carbocycles. The number of piperidine rings is 1. The maximum Gasteiger partial charge on any atom is 0.253 e. The zero-order valence-electron chi connectivity index (χ0n) is 18.6. The number of hydrogen-bond acceptors (Lipinski definition) is 3. The molecule has 0 unspecified atom stereocenters. The van der Waals surface area contributed by atoms with Crippen molar-refractivity contribution in [2.24, 2.45) is 0 Å². The summed E-state index contributed by atoms with van der Waals surface area (Å²) in [6, 6.07) is 15.1. The van der Waals surface area contributed by atoms with E-state index < -0.39 is 5.60 Å². The van der Waals surface area contributed by atoms with Gasteiger partial charge in [0, 0.05) is 48.8 Å². The number of halogens is 1. The van der Waals surface area contributed by atoms with E-state index >= 15 is 0 Å². The summed E-state index contributed by atoms with van der Waals surface area (Å²) in [5.74, 6) is 0.868. The Bertz CT molecular complexity index is 1200. The van der Waals surface area contributed by atoms with Gasteiger partial charge in [0.2, 0.25) is 0 Å². The first kappa shape index (κ1) is 21.0. The number of rotatable bonds is 1. The van der Waals surface area contributed by atoms with E-state index in [0.717, 1.165) is 22.7 Å². The molecule has 0 aliphatic carbocycles. The molecule has 0 bridgehead atoms. The van der Waals surface area contributed by atoms with Crippen molar-refractivity contribution in [3.05, 3.63) is 76.6 Å². The monoisotopic (exact) mass is 450 g/mol. The largest absolute Gasteiger partial charge is 0.508 e. The highest BCUT2D eigenvalue weighted by atomic mass is 35.5. The average molecular weight is 451 g/mol. The Morgan fingerprint density at radius 3 is 2.53 bits per heavy atom. The van der Waals surface area contributed by atoms with E-state index in [1.807, 2.05) is 68.3 Å². The number of hydrogen-bond donors (Lipinski definition) is 1. The molecule has 3 aromatic rings. The SMILES string of the molecule is CC(C)(C)c1ccc(C(=O)N2CCC3(CC2)Oc2cc(Cl)ccc2-n2cccc23)cc1O. The van der Waals surface area contributed by atoms with Gasteiger partial charge < -0.3 is 19.3 Å². The molecule has 5 rings (SSSR count). The fourth-order valence-corrected chi connectivity index (χ4v) is 5.07. The maximum atomic E-state index is 13.2. The minimum atomic E-state index is -0.490. The molecule has 3 heterocycles. The third-order valence-electron chi connectivity index (χ3n) is 6.61. The summed E-state index contributed by atoms with van der Waals surface area (Å²) < 4.78 is 8.71. The predicted molar refractivity (Wildman–Crippen MR) is 125 cm³/mol. The molecule has 1 fully saturated rings. The molecule has 5 nitrogen and oxygen atoms in total. The van der Waals surface area contributed by atoms with Gasteiger partial charge in [-0.15, -0.1) is 0 Å². The Balaban J connectivity index is 1.38. The fourth-order valence-electron chi connectivity index (χ4n) is 4.90. The molecule has 1 saturated heterocycles. The number of benzene rings is 2. The number of aromatic nitrogens is 1. The zero-order valence-corrected chi connectivity index (χ0v) is 19.3. The fraction of sp³-hybridized carbons (Fsp3) is 0.346. The number of amides is 1. The van der Waals surface area contributed by atoms with Crippen molar-refractivity contribution in [2.75, 3.05) is 13.1 Å². The van der Waals surface area contributed by atoms with Gasteiger partial charge in [-0.1, -0.05) is 38.4 Å². The van der Waals surface area contributed by atoms with E-state index in [1.165, 1.54) is 0 Å². The molecule has 166 valence electrons. The standard InChI is InChI=1S/C26H27ClN2O3/c1-25(2,3)19-8-6-17(15-21(19)30)24(31)28-13-10-26(11-14-28)23-5-4-12-29(23)20-9-7-18(27)16-22(20)32-26/h4-9,12,15-16,30H,10-11,13-14H2,1-3H3. The summed E-state index contributed by atoms with van der Waals surface area (Å²) in [7, 11) is 0. The molecule has 1 spiro atoms. The van der Waals surface area contributed by atoms with Gasteiger partial charge in [0.05, 0.1) is 11.4 Å². The van der Waals surface area contributed by atoms with Gasteiger partial charge in [-0.05, 0) is 47.4 Å². The summed E-state index contributed by atoms with van der Waals surface area (Å²) in [4.78, 5) is 15.0. The highest BCUT2D eigenvalue weighted by Crippen LogP contribution is 2.46. The van der Waals surface area contributed by atoms with E-state index in [1.54, 1.807) is 6.07 Å². The third kappa shape index (κ3) is 3.36. The highest BCUT2D eigenvalue weighted by Gasteiger charge is 2.44. The van der Waals surface area contributed by atoms with Crippen molar-refractivity contribution < 1.29 is 14.6 Å². The summed E-state index contributed by atoms with van der Waals surface area (Å²) in [5, 5.41) is 11.1. The first-order valence-electron chi connectivity index (χ1n) is 11.0. The normalized spacial score (nSPS) is 16.9. The molecule has 32 heavy (non-hydrogen) atoms. The van der Waals surface area contributed by atoms with Gasteiger partial charge in [0.1, 0.15) is 11.5 Å². The van der Waals surface area contributed by atoms with Gasteiger partial charge in [-0.3, -0.25) is 4.79 Å². The van der Waals surface area contributed by atoms with E-state index in [9.17, 15) is 9.90 Å². The van der Waals surface area contributed by atoms with Crippen LogP contribution in [0.5, 0.6) is 11.5 Å². The van der Waals surface area contributed by atoms with E-state index in [0.29, 0.717) is 36.5 Å². The van der Waals surface area contributed by atoms with Crippen LogP contribution >= 0.6 is 11.6 Å². The Morgan fingerprint density at radius 2 is 1.84 bits per heavy atom. The topological polar surface area (TPSA) is 54.7 Å². The minimum absolute atomic E-state index is 0.0646. The Kier molecular flexibility index (Phi) is 4.79. The Hall–Kier alpha value is -2.92. The molecular formula is C26H27ClN2O3. The molecule has 1 N–H and O–H groups in total. The van der Waals surface area contributed by atoms with Gasteiger partial charge in [-0.25, -0.2) is 0 Å². The van der Waals surface area contributed by atoms with Crippen LogP contribution in [0, 0.1) is 0 Å². The van der Waals surface area contributed by atoms with Crippen LogP contribution in [0.25, 0.3) is 5.69 Å². The molecule has 1 amide bonds. The summed E-state index contributed by atoms with van der Waals surface area (Å²) in [5.41, 5.74) is 2.75. The van der Waals surface area contributed by atoms with Crippen LogP contribution in [0.1, 0.15) is 55.2 Å². The predicted octanol–water partition coefficient (Wildman–Crippen LogP) is 5.66. The molecule has 0 atom stereocenters. The number of aromatic hydroxyl groups is 1. The van der Waals surface area contributed by atoms with Crippen LogP contribution in [0.2, 0.25) is 5.02 Å². The highest BCUT2D eigenvalue weighted by molar-refractivity contribution is 6.30. The lowest BCUT2D eigenvalue weighted by Gasteiger charge is -2.45. The minimum Gasteiger partial charge on any atom is -0.508 e. The molecule has 1 aromatic heterocycles. The first-order valence-corrected chi connectivity index (χ1v) is 11.4. The van der Waals surface area contributed by atoms with Crippen LogP contribution < -0.4 is 4.74 Å². The van der Waals surface area contributed by atoms with Crippen LogP contribution in [0.4, 0.5) is 0 Å². The lowest BCUT2D eigenvalue weighted by atomic mass is 9.85. The zero-order chi connectivity index (χ0) is 22.7. The van der Waals surface area contributed by atoms with Gasteiger partial charge in [-0.2, -0.15) is 0 Å². The third-order valence-corrected chi connectivity index (χ3v) is 6.85. The van der Waals surface area contributed by atoms with Crippen molar-refractivity contribution in [1.82, 2.24) is 9.47 Å². The second-order valence-corrected chi connectivity index (χ2v) is 10.2. The van der Waals surface area contributed by atoms with Gasteiger partial charge in [0.15, 0.2) is 5.60 Å². The van der Waals surface area contributed by atoms with E-state index in [2.05, 4.69) is 10.6 Å². The molecule has 6 heteroatoms. The molecule has 2 aliphatic heterocycles. The molecule has 2 aliphatic rings. The van der Waals surface area contributed by atoms with Crippen molar-refractivity contribution in [1.29, 1.82) is 0 Å². The van der Waals surface area contributed by atoms with Gasteiger partial charge >= 0.3 is 0 Å². The van der Waals surface area contributed by atoms with Crippen LogP contribution in [0.3, 0.4) is 0 Å². The Labute approximate surface area is 193 Å². The molecular weight excluding hydrogens is 424 g/mol. The summed E-state index contributed by atoms with van der Waals surface area (Å²) >= 11 is 6.23. The van der Waals surface area contributed by atoms with E-state index in [-0.39, 0.29) is 17.1 Å². The lowest BCUT2D eigenvalue weighted by molar-refractivity contribution is -0.00931. The van der Waals surface area contributed by atoms with Crippen molar-refractivity contribution >= 4 is 17.5 Å². The summed E-state index contributed by atoms with van der Waals surface area (Å²) in [6.45, 7) is 7.26. The van der Waals surface area contributed by atoms with Crippen molar-refractivity contribution in [3.8, 4) is 17.2 Å². The number of likely N-dealkylation sites (tertiary alicyclic amines) is 1. The second kappa shape index (κ2) is 7.31. The van der Waals surface area contributed by atoms with Gasteiger partial charge in [0.25, 0.3) is 5.91 Å². The summed E-state index contributed by atoms with van der Waals surface area (Å²) in [6.07, 6.45) is 3.41. The van der Waals surface area contributed by atoms with Crippen LogP contribution in [-0.2, 0) is 11.0 Å². The Morgan fingerprint density at radius 1 is 1.09 bits per heavy atom. The number of phenols is 1. The quantitative estimate of drug-likeness (QED) is 0.520. The number of ether oxygens (including phenoxy) is 1. The smallest absolute Gasteiger partial charge is 0.253 e. The lowest BCUT2D eigenvalue weighted by Crippen LogP contribution is -2.50. The number of carbonyl (C=O) groups is 1. The number of carbonyl (C=O) groups excluding carboxylic acids is 1. The first-order chi connectivity index (χ1) is 15.2. The second-order valence-electron chi connectivity index (χ2n) is 9.75. The molecule has 2 aromatic carbocycles. The van der Waals surface area contributed by atoms with Crippen molar-refractivity contribution in [2.45, 2.75) is 44.6 Å². The number of fused-ring (bicyclic) bond motifs is 4.